The molecule has 0 atom stereocenters. The van der Waals surface area contributed by atoms with E-state index < -0.39 is 10.0 Å². The Hall–Kier alpha value is -2.62. The SMILES string of the molecule is O=C(CCNS(=O)(=O)c1ccc2c(c1)CCCC2)N1CCN(Cc2ccc3c(c2)OCO3)CC1. The van der Waals surface area contributed by atoms with Crippen LogP contribution in [0.3, 0.4) is 0 Å². The molecule has 0 spiro atoms. The van der Waals surface area contributed by atoms with Gasteiger partial charge in [0.25, 0.3) is 0 Å². The summed E-state index contributed by atoms with van der Waals surface area (Å²) in [5.41, 5.74) is 3.53. The van der Waals surface area contributed by atoms with Gasteiger partial charge in [0.1, 0.15) is 0 Å². The standard InChI is InChI=1S/C25H31N3O5S/c29-25(9-10-26-34(30,31)22-7-6-20-3-1-2-4-21(20)16-22)28-13-11-27(12-14-28)17-19-5-8-23-24(15-19)33-18-32-23/h5-8,15-16,26H,1-4,9-14,17-18H2. The van der Waals surface area contributed by atoms with Crippen LogP contribution in [0.5, 0.6) is 11.5 Å². The monoisotopic (exact) mass is 485 g/mol. The summed E-state index contributed by atoms with van der Waals surface area (Å²) in [5.74, 6) is 1.54. The minimum atomic E-state index is -3.62. The van der Waals surface area contributed by atoms with Gasteiger partial charge < -0.3 is 14.4 Å². The highest BCUT2D eigenvalue weighted by Gasteiger charge is 2.23. The molecule has 2 aromatic carbocycles. The van der Waals surface area contributed by atoms with Crippen molar-refractivity contribution in [3.05, 3.63) is 53.1 Å². The fourth-order valence-corrected chi connectivity index (χ4v) is 5.95. The maximum absolute atomic E-state index is 12.7. The van der Waals surface area contributed by atoms with E-state index in [0.717, 1.165) is 67.9 Å². The number of carbonyl (C=O) groups excluding carboxylic acids is 1. The summed E-state index contributed by atoms with van der Waals surface area (Å²) in [4.78, 5) is 17.1. The third-order valence-electron chi connectivity index (χ3n) is 6.83. The van der Waals surface area contributed by atoms with Crippen LogP contribution >= 0.6 is 0 Å². The normalized spacial score (nSPS) is 18.1. The van der Waals surface area contributed by atoms with E-state index in [1.807, 2.05) is 29.2 Å². The highest BCUT2D eigenvalue weighted by Crippen LogP contribution is 2.33. The molecule has 8 nitrogen and oxygen atoms in total. The van der Waals surface area contributed by atoms with Crippen LogP contribution < -0.4 is 14.2 Å². The number of ether oxygens (including phenoxy) is 2. The molecule has 0 unspecified atom stereocenters. The van der Waals surface area contributed by atoms with Crippen molar-refractivity contribution in [1.82, 2.24) is 14.5 Å². The zero-order valence-electron chi connectivity index (χ0n) is 19.3. The fourth-order valence-electron chi connectivity index (χ4n) is 4.86. The first kappa shape index (κ1) is 23.1. The third-order valence-corrected chi connectivity index (χ3v) is 8.29. The molecule has 5 rings (SSSR count). The van der Waals surface area contributed by atoms with Crippen LogP contribution in [0.4, 0.5) is 0 Å². The van der Waals surface area contributed by atoms with E-state index in [1.165, 1.54) is 5.56 Å². The number of carbonyl (C=O) groups is 1. The molecule has 9 heteroatoms. The van der Waals surface area contributed by atoms with Gasteiger partial charge in [-0.3, -0.25) is 9.69 Å². The Morgan fingerprint density at radius 2 is 1.68 bits per heavy atom. The number of benzene rings is 2. The average Bonchev–Trinajstić information content (AvgIpc) is 3.32. The second-order valence-electron chi connectivity index (χ2n) is 9.13. The molecule has 3 aliphatic rings. The van der Waals surface area contributed by atoms with Crippen LogP contribution in [0.25, 0.3) is 0 Å². The molecule has 1 fully saturated rings. The van der Waals surface area contributed by atoms with Crippen LogP contribution in [0.1, 0.15) is 36.0 Å². The van der Waals surface area contributed by atoms with Crippen LogP contribution in [0.15, 0.2) is 41.3 Å². The lowest BCUT2D eigenvalue weighted by molar-refractivity contribution is -0.132. The predicted octanol–water partition coefficient (Wildman–Crippen LogP) is 2.31. The van der Waals surface area contributed by atoms with Gasteiger partial charge in [-0.2, -0.15) is 0 Å². The summed E-state index contributed by atoms with van der Waals surface area (Å²) in [6.45, 7) is 4.00. The van der Waals surface area contributed by atoms with E-state index in [2.05, 4.69) is 9.62 Å². The van der Waals surface area contributed by atoms with Crippen molar-refractivity contribution >= 4 is 15.9 Å². The first-order chi connectivity index (χ1) is 16.5. The molecule has 2 heterocycles. The molecule has 1 amide bonds. The third kappa shape index (κ3) is 5.21. The van der Waals surface area contributed by atoms with Crippen molar-refractivity contribution in [2.75, 3.05) is 39.5 Å². The zero-order valence-corrected chi connectivity index (χ0v) is 20.1. The largest absolute Gasteiger partial charge is 0.454 e. The second-order valence-corrected chi connectivity index (χ2v) is 10.9. The Kier molecular flexibility index (Phi) is 6.76. The van der Waals surface area contributed by atoms with Gasteiger partial charge >= 0.3 is 0 Å². The molecular formula is C25H31N3O5S. The lowest BCUT2D eigenvalue weighted by atomic mass is 9.92. The number of sulfonamides is 1. The molecule has 0 saturated carbocycles. The molecule has 0 bridgehead atoms. The number of hydrogen-bond acceptors (Lipinski definition) is 6. The van der Waals surface area contributed by atoms with Gasteiger partial charge in [-0.15, -0.1) is 0 Å². The van der Waals surface area contributed by atoms with Crippen molar-refractivity contribution in [3.8, 4) is 11.5 Å². The molecule has 0 radical (unpaired) electrons. The number of aryl methyl sites for hydroxylation is 2. The van der Waals surface area contributed by atoms with Crippen molar-refractivity contribution < 1.29 is 22.7 Å². The Morgan fingerprint density at radius 1 is 0.912 bits per heavy atom. The van der Waals surface area contributed by atoms with Gasteiger partial charge in [-0.05, 0) is 66.6 Å². The number of hydrogen-bond donors (Lipinski definition) is 1. The van der Waals surface area contributed by atoms with Crippen molar-refractivity contribution in [1.29, 1.82) is 0 Å². The maximum atomic E-state index is 12.7. The van der Waals surface area contributed by atoms with Crippen molar-refractivity contribution in [2.24, 2.45) is 0 Å². The van der Waals surface area contributed by atoms with Crippen LogP contribution in [-0.2, 0) is 34.2 Å². The second kappa shape index (κ2) is 9.93. The lowest BCUT2D eigenvalue weighted by Crippen LogP contribution is -2.48. The number of fused-ring (bicyclic) bond motifs is 2. The molecule has 34 heavy (non-hydrogen) atoms. The van der Waals surface area contributed by atoms with Crippen LogP contribution in [0, 0.1) is 0 Å². The molecule has 0 aromatic heterocycles. The number of rotatable bonds is 7. The van der Waals surface area contributed by atoms with Gasteiger partial charge in [0.15, 0.2) is 11.5 Å². The van der Waals surface area contributed by atoms with E-state index in [9.17, 15) is 13.2 Å². The van der Waals surface area contributed by atoms with Gasteiger partial charge in [-0.25, -0.2) is 13.1 Å². The summed E-state index contributed by atoms with van der Waals surface area (Å²) < 4.78 is 38.8. The molecule has 2 aliphatic heterocycles. The fraction of sp³-hybridized carbons (Fsp3) is 0.480. The minimum Gasteiger partial charge on any atom is -0.454 e. The molecule has 182 valence electrons. The number of nitrogens with one attached hydrogen (secondary N) is 1. The van der Waals surface area contributed by atoms with Crippen LogP contribution in [-0.4, -0.2) is 63.6 Å². The average molecular weight is 486 g/mol. The van der Waals surface area contributed by atoms with Gasteiger partial charge in [0.2, 0.25) is 22.7 Å². The summed E-state index contributed by atoms with van der Waals surface area (Å²) in [5, 5.41) is 0. The zero-order chi connectivity index (χ0) is 23.5. The van der Waals surface area contributed by atoms with E-state index >= 15 is 0 Å². The van der Waals surface area contributed by atoms with Gasteiger partial charge in [0, 0.05) is 45.7 Å². The van der Waals surface area contributed by atoms with E-state index in [-0.39, 0.29) is 30.6 Å². The number of amides is 1. The van der Waals surface area contributed by atoms with E-state index in [4.69, 9.17) is 9.47 Å². The Labute approximate surface area is 200 Å². The Morgan fingerprint density at radius 3 is 2.50 bits per heavy atom. The first-order valence-corrected chi connectivity index (χ1v) is 13.5. The quantitative estimate of drug-likeness (QED) is 0.648. The smallest absolute Gasteiger partial charge is 0.240 e. The highest BCUT2D eigenvalue weighted by molar-refractivity contribution is 7.89. The molecular weight excluding hydrogens is 454 g/mol. The minimum absolute atomic E-state index is 0.0177. The predicted molar refractivity (Wildman–Crippen MR) is 127 cm³/mol. The maximum Gasteiger partial charge on any atom is 0.240 e. The molecule has 1 N–H and O–H groups in total. The first-order valence-electron chi connectivity index (χ1n) is 12.0. The Balaban J connectivity index is 1.07. The van der Waals surface area contributed by atoms with Gasteiger partial charge in [-0.1, -0.05) is 12.1 Å². The summed E-state index contributed by atoms with van der Waals surface area (Å²) in [6, 6.07) is 11.4. The lowest BCUT2D eigenvalue weighted by Gasteiger charge is -2.34. The molecule has 1 aliphatic carbocycles. The topological polar surface area (TPSA) is 88.2 Å². The van der Waals surface area contributed by atoms with Gasteiger partial charge in [0.05, 0.1) is 4.90 Å². The van der Waals surface area contributed by atoms with Crippen molar-refractivity contribution in [3.63, 3.8) is 0 Å². The summed E-state index contributed by atoms with van der Waals surface area (Å²) in [7, 11) is -3.62. The number of piperazine rings is 1. The molecule has 2 aromatic rings. The Bertz CT molecular complexity index is 1160. The summed E-state index contributed by atoms with van der Waals surface area (Å²) in [6.07, 6.45) is 4.36. The molecule has 1 saturated heterocycles. The number of nitrogens with zero attached hydrogens (tertiary/aromatic N) is 2. The highest BCUT2D eigenvalue weighted by atomic mass is 32.2. The van der Waals surface area contributed by atoms with Crippen molar-refractivity contribution in [2.45, 2.75) is 43.5 Å². The van der Waals surface area contributed by atoms with E-state index in [0.29, 0.717) is 13.1 Å². The van der Waals surface area contributed by atoms with Crippen LogP contribution in [0.2, 0.25) is 0 Å². The van der Waals surface area contributed by atoms with E-state index in [1.54, 1.807) is 12.1 Å². The summed E-state index contributed by atoms with van der Waals surface area (Å²) >= 11 is 0.